The number of hydrogen-bond acceptors (Lipinski definition) is 4. The molecule has 0 fully saturated rings. The number of carbonyl (C=O) groups excluding carboxylic acids is 2. The highest BCUT2D eigenvalue weighted by molar-refractivity contribution is 6.03. The van der Waals surface area contributed by atoms with Crippen molar-refractivity contribution in [2.45, 2.75) is 19.4 Å². The lowest BCUT2D eigenvalue weighted by molar-refractivity contribution is -0.118. The fourth-order valence-electron chi connectivity index (χ4n) is 2.86. The average molecular weight is 324 g/mol. The fourth-order valence-corrected chi connectivity index (χ4v) is 2.86. The van der Waals surface area contributed by atoms with Crippen molar-refractivity contribution in [2.24, 2.45) is 0 Å². The van der Waals surface area contributed by atoms with E-state index in [4.69, 9.17) is 9.47 Å². The van der Waals surface area contributed by atoms with Crippen molar-refractivity contribution in [3.8, 4) is 11.5 Å². The maximum Gasteiger partial charge on any atom is 0.251 e. The van der Waals surface area contributed by atoms with E-state index in [1.165, 1.54) is 0 Å². The van der Waals surface area contributed by atoms with Crippen LogP contribution in [0.3, 0.4) is 0 Å². The Kier molecular flexibility index (Phi) is 3.37. The van der Waals surface area contributed by atoms with Gasteiger partial charge in [0.15, 0.2) is 11.5 Å². The third-order valence-corrected chi connectivity index (χ3v) is 4.22. The molecular formula is C18H16N2O4. The normalized spacial score (nSPS) is 17.9. The summed E-state index contributed by atoms with van der Waals surface area (Å²) in [4.78, 5) is 24.6. The van der Waals surface area contributed by atoms with Crippen LogP contribution in [0, 0.1) is 6.92 Å². The van der Waals surface area contributed by atoms with E-state index in [-0.39, 0.29) is 18.6 Å². The summed E-state index contributed by atoms with van der Waals surface area (Å²) in [7, 11) is 0. The maximum atomic E-state index is 12.3. The molecule has 0 saturated heterocycles. The molecule has 0 unspecified atom stereocenters. The summed E-state index contributed by atoms with van der Waals surface area (Å²) in [5.41, 5.74) is 3.22. The van der Waals surface area contributed by atoms with Crippen LogP contribution in [0.4, 0.5) is 5.69 Å². The minimum atomic E-state index is -0.619. The van der Waals surface area contributed by atoms with E-state index in [1.807, 2.05) is 25.1 Å². The Bertz CT molecular complexity index is 830. The summed E-state index contributed by atoms with van der Waals surface area (Å²) in [6, 6.07) is 10.2. The number of hydrogen-bond donors (Lipinski definition) is 2. The lowest BCUT2D eigenvalue weighted by Crippen LogP contribution is -2.47. The third-order valence-electron chi connectivity index (χ3n) is 4.22. The van der Waals surface area contributed by atoms with E-state index >= 15 is 0 Å². The van der Waals surface area contributed by atoms with Gasteiger partial charge in [0.2, 0.25) is 12.7 Å². The van der Waals surface area contributed by atoms with Crippen LogP contribution in [0.2, 0.25) is 0 Å². The van der Waals surface area contributed by atoms with Gasteiger partial charge in [0.1, 0.15) is 6.04 Å². The summed E-state index contributed by atoms with van der Waals surface area (Å²) < 4.78 is 10.7. The summed E-state index contributed by atoms with van der Waals surface area (Å²) in [5.74, 6) is 0.783. The maximum absolute atomic E-state index is 12.3. The predicted octanol–water partition coefficient (Wildman–Crippen LogP) is 2.02. The van der Waals surface area contributed by atoms with E-state index in [9.17, 15) is 9.59 Å². The van der Waals surface area contributed by atoms with Crippen molar-refractivity contribution in [3.05, 3.63) is 53.1 Å². The standard InChI is InChI=1S/C18H16N2O4/c1-10-2-4-11(5-3-10)17(21)20-14-6-12-7-15-16(24-9-23-15)8-13(12)19-18(14)22/h2-5,7-8,14H,6,9H2,1H3,(H,19,22)(H,20,21)/t14-/m0/s1. The van der Waals surface area contributed by atoms with Crippen LogP contribution in [0.25, 0.3) is 0 Å². The molecule has 2 aliphatic heterocycles. The Balaban J connectivity index is 1.54. The van der Waals surface area contributed by atoms with Crippen molar-refractivity contribution in [2.75, 3.05) is 12.1 Å². The largest absolute Gasteiger partial charge is 0.454 e. The quantitative estimate of drug-likeness (QED) is 0.886. The fraction of sp³-hybridized carbons (Fsp3) is 0.222. The van der Waals surface area contributed by atoms with Gasteiger partial charge in [-0.3, -0.25) is 9.59 Å². The Morgan fingerprint density at radius 1 is 1.17 bits per heavy atom. The van der Waals surface area contributed by atoms with Gasteiger partial charge in [-0.05, 0) is 30.7 Å². The molecule has 0 saturated carbocycles. The van der Waals surface area contributed by atoms with Gasteiger partial charge in [-0.1, -0.05) is 17.7 Å². The second-order valence-electron chi connectivity index (χ2n) is 5.95. The van der Waals surface area contributed by atoms with Gasteiger partial charge in [0, 0.05) is 23.7 Å². The zero-order chi connectivity index (χ0) is 16.7. The van der Waals surface area contributed by atoms with Gasteiger partial charge in [0.05, 0.1) is 0 Å². The Hall–Kier alpha value is -3.02. The summed E-state index contributed by atoms with van der Waals surface area (Å²) in [6.45, 7) is 2.14. The van der Waals surface area contributed by atoms with E-state index in [1.54, 1.807) is 18.2 Å². The smallest absolute Gasteiger partial charge is 0.251 e. The van der Waals surface area contributed by atoms with Crippen LogP contribution in [-0.4, -0.2) is 24.6 Å². The summed E-state index contributed by atoms with van der Waals surface area (Å²) in [5, 5.41) is 5.61. The number of rotatable bonds is 2. The van der Waals surface area contributed by atoms with Crippen LogP contribution >= 0.6 is 0 Å². The second-order valence-corrected chi connectivity index (χ2v) is 5.95. The van der Waals surface area contributed by atoms with Gasteiger partial charge in [-0.2, -0.15) is 0 Å². The molecule has 0 spiro atoms. The summed E-state index contributed by atoms with van der Waals surface area (Å²) in [6.07, 6.45) is 0.412. The van der Waals surface area contributed by atoms with Crippen molar-refractivity contribution in [1.29, 1.82) is 0 Å². The first-order chi connectivity index (χ1) is 11.6. The monoisotopic (exact) mass is 324 g/mol. The zero-order valence-corrected chi connectivity index (χ0v) is 13.1. The molecule has 0 aliphatic carbocycles. The topological polar surface area (TPSA) is 76.7 Å². The molecule has 2 amide bonds. The first-order valence-corrected chi connectivity index (χ1v) is 7.71. The van der Waals surface area contributed by atoms with Crippen molar-refractivity contribution < 1.29 is 19.1 Å². The Labute approximate surface area is 138 Å². The lowest BCUT2D eigenvalue weighted by Gasteiger charge is -2.25. The van der Waals surface area contributed by atoms with Crippen molar-refractivity contribution in [3.63, 3.8) is 0 Å². The highest BCUT2D eigenvalue weighted by Gasteiger charge is 2.30. The number of anilines is 1. The zero-order valence-electron chi connectivity index (χ0n) is 13.1. The molecule has 2 N–H and O–H groups in total. The number of fused-ring (bicyclic) bond motifs is 2. The van der Waals surface area contributed by atoms with Crippen LogP contribution in [0.1, 0.15) is 21.5 Å². The van der Waals surface area contributed by atoms with Crippen LogP contribution in [0.5, 0.6) is 11.5 Å². The minimum Gasteiger partial charge on any atom is -0.454 e. The highest BCUT2D eigenvalue weighted by Crippen LogP contribution is 2.38. The molecule has 2 aromatic rings. The van der Waals surface area contributed by atoms with E-state index in [2.05, 4.69) is 10.6 Å². The molecule has 4 rings (SSSR count). The molecule has 2 heterocycles. The van der Waals surface area contributed by atoms with Crippen molar-refractivity contribution >= 4 is 17.5 Å². The molecule has 1 atom stereocenters. The Morgan fingerprint density at radius 2 is 1.88 bits per heavy atom. The number of ether oxygens (including phenoxy) is 2. The number of aryl methyl sites for hydroxylation is 1. The molecule has 2 aliphatic rings. The molecule has 6 nitrogen and oxygen atoms in total. The average Bonchev–Trinajstić information content (AvgIpc) is 3.01. The van der Waals surface area contributed by atoms with Gasteiger partial charge < -0.3 is 20.1 Å². The molecule has 122 valence electrons. The third kappa shape index (κ3) is 2.56. The second kappa shape index (κ2) is 5.56. The van der Waals surface area contributed by atoms with E-state index in [0.717, 1.165) is 11.1 Å². The molecule has 6 heteroatoms. The van der Waals surface area contributed by atoms with Gasteiger partial charge >= 0.3 is 0 Å². The molecule has 2 aromatic carbocycles. The van der Waals surface area contributed by atoms with Gasteiger partial charge in [-0.15, -0.1) is 0 Å². The minimum absolute atomic E-state index is 0.180. The number of benzene rings is 2. The molecule has 0 bridgehead atoms. The predicted molar refractivity (Wildman–Crippen MR) is 87.3 cm³/mol. The molecule has 0 aromatic heterocycles. The number of carbonyl (C=O) groups is 2. The first-order valence-electron chi connectivity index (χ1n) is 7.71. The van der Waals surface area contributed by atoms with Gasteiger partial charge in [0.25, 0.3) is 5.91 Å². The first kappa shape index (κ1) is 14.6. The van der Waals surface area contributed by atoms with Crippen LogP contribution in [-0.2, 0) is 11.2 Å². The molecule has 24 heavy (non-hydrogen) atoms. The highest BCUT2D eigenvalue weighted by atomic mass is 16.7. The lowest BCUT2D eigenvalue weighted by atomic mass is 9.98. The molecular weight excluding hydrogens is 308 g/mol. The number of nitrogens with one attached hydrogen (secondary N) is 2. The molecule has 0 radical (unpaired) electrons. The summed E-state index contributed by atoms with van der Waals surface area (Å²) >= 11 is 0. The van der Waals surface area contributed by atoms with Crippen LogP contribution in [0.15, 0.2) is 36.4 Å². The Morgan fingerprint density at radius 3 is 2.62 bits per heavy atom. The SMILES string of the molecule is Cc1ccc(C(=O)N[C@H]2Cc3cc4c(cc3NC2=O)OCO4)cc1. The van der Waals surface area contributed by atoms with Crippen molar-refractivity contribution in [1.82, 2.24) is 5.32 Å². The van der Waals surface area contributed by atoms with E-state index in [0.29, 0.717) is 29.2 Å². The number of amides is 2. The van der Waals surface area contributed by atoms with Crippen LogP contribution < -0.4 is 20.1 Å². The van der Waals surface area contributed by atoms with E-state index < -0.39 is 6.04 Å². The van der Waals surface area contributed by atoms with Gasteiger partial charge in [-0.25, -0.2) is 0 Å².